The number of nitro groups is 1. The fourth-order valence-electron chi connectivity index (χ4n) is 1.94. The molecular formula is C14H13BrNO3P. The van der Waals surface area contributed by atoms with Crippen molar-refractivity contribution < 1.29 is 9.66 Å². The maximum atomic E-state index is 10.7. The molecule has 0 fully saturated rings. The van der Waals surface area contributed by atoms with Gasteiger partial charge in [-0.05, 0) is 64.4 Å². The quantitative estimate of drug-likeness (QED) is 0.470. The molecule has 0 aliphatic carbocycles. The van der Waals surface area contributed by atoms with Gasteiger partial charge in [0.05, 0.1) is 9.40 Å². The lowest BCUT2D eigenvalue weighted by Gasteiger charge is -2.13. The van der Waals surface area contributed by atoms with Gasteiger partial charge in [-0.2, -0.15) is 0 Å². The Morgan fingerprint density at radius 1 is 1.20 bits per heavy atom. The van der Waals surface area contributed by atoms with E-state index >= 15 is 0 Å². The topological polar surface area (TPSA) is 52.4 Å². The minimum atomic E-state index is -0.436. The van der Waals surface area contributed by atoms with E-state index in [1.165, 1.54) is 12.1 Å². The number of halogens is 1. The zero-order chi connectivity index (χ0) is 14.9. The summed E-state index contributed by atoms with van der Waals surface area (Å²) in [4.78, 5) is 10.3. The van der Waals surface area contributed by atoms with Crippen molar-refractivity contribution in [3.8, 4) is 11.5 Å². The molecule has 2 aromatic rings. The van der Waals surface area contributed by atoms with Crippen molar-refractivity contribution in [2.24, 2.45) is 0 Å². The predicted octanol–water partition coefficient (Wildman–Crippen LogP) is 4.27. The number of nitro benzene ring substituents is 1. The lowest BCUT2D eigenvalue weighted by atomic mass is 10.1. The fourth-order valence-corrected chi connectivity index (χ4v) is 2.89. The van der Waals surface area contributed by atoms with Gasteiger partial charge < -0.3 is 4.74 Å². The normalized spacial score (nSPS) is 10.4. The summed E-state index contributed by atoms with van der Waals surface area (Å²) < 4.78 is 6.44. The third-order valence-corrected chi connectivity index (χ3v) is 3.77. The smallest absolute Gasteiger partial charge is 0.270 e. The van der Waals surface area contributed by atoms with Crippen molar-refractivity contribution in [3.63, 3.8) is 0 Å². The van der Waals surface area contributed by atoms with Gasteiger partial charge >= 0.3 is 0 Å². The molecule has 20 heavy (non-hydrogen) atoms. The first-order valence-corrected chi connectivity index (χ1v) is 7.24. The van der Waals surface area contributed by atoms with E-state index in [1.54, 1.807) is 6.07 Å². The summed E-state index contributed by atoms with van der Waals surface area (Å²) in [5, 5.41) is 11.8. The molecule has 104 valence electrons. The molecule has 2 aromatic carbocycles. The van der Waals surface area contributed by atoms with Crippen LogP contribution >= 0.6 is 25.2 Å². The monoisotopic (exact) mass is 353 g/mol. The van der Waals surface area contributed by atoms with Gasteiger partial charge in [-0.1, -0.05) is 0 Å². The molecule has 1 unspecified atom stereocenters. The third kappa shape index (κ3) is 3.17. The second-order valence-electron chi connectivity index (χ2n) is 4.46. The molecule has 2 rings (SSSR count). The fraction of sp³-hybridized carbons (Fsp3) is 0.143. The van der Waals surface area contributed by atoms with Crippen molar-refractivity contribution in [3.05, 3.63) is 56.0 Å². The van der Waals surface area contributed by atoms with Crippen LogP contribution < -0.4 is 10.0 Å². The summed E-state index contributed by atoms with van der Waals surface area (Å²) in [7, 11) is 2.66. The number of rotatable bonds is 3. The van der Waals surface area contributed by atoms with E-state index in [0.717, 1.165) is 22.2 Å². The summed E-state index contributed by atoms with van der Waals surface area (Å²) in [5.74, 6) is 1.32. The largest absolute Gasteiger partial charge is 0.456 e. The van der Waals surface area contributed by atoms with Crippen molar-refractivity contribution in [2.45, 2.75) is 13.8 Å². The zero-order valence-electron chi connectivity index (χ0n) is 11.0. The molecule has 1 atom stereocenters. The maximum absolute atomic E-state index is 10.7. The van der Waals surface area contributed by atoms with Crippen LogP contribution in [0.5, 0.6) is 11.5 Å². The summed E-state index contributed by atoms with van der Waals surface area (Å²) in [6, 6.07) is 8.47. The van der Waals surface area contributed by atoms with Gasteiger partial charge in [0, 0.05) is 12.1 Å². The Hall–Kier alpha value is -1.45. The standard InChI is InChI=1S/C14H13BrNO3P/c1-8-5-11(20)6-9(2)14(8)19-13-4-3-10(16(17)18)7-12(13)15/h3-7H,20H2,1-2H3. The predicted molar refractivity (Wildman–Crippen MR) is 86.1 cm³/mol. The lowest BCUT2D eigenvalue weighted by Crippen LogP contribution is -1.98. The van der Waals surface area contributed by atoms with Crippen LogP contribution in [0.1, 0.15) is 11.1 Å². The first-order valence-electron chi connectivity index (χ1n) is 5.87. The molecule has 0 aromatic heterocycles. The SMILES string of the molecule is Cc1cc(P)cc(C)c1Oc1ccc([N+](=O)[O-])cc1Br. The molecule has 6 heteroatoms. The number of hydrogen-bond acceptors (Lipinski definition) is 3. The molecule has 0 radical (unpaired) electrons. The molecule has 0 heterocycles. The summed E-state index contributed by atoms with van der Waals surface area (Å²) in [5.41, 5.74) is 2.05. The van der Waals surface area contributed by atoms with Gasteiger partial charge in [0.1, 0.15) is 11.5 Å². The molecule has 0 amide bonds. The highest BCUT2D eigenvalue weighted by Gasteiger charge is 2.13. The van der Waals surface area contributed by atoms with Crippen LogP contribution in [0.15, 0.2) is 34.8 Å². The van der Waals surface area contributed by atoms with Crippen LogP contribution in [-0.4, -0.2) is 4.92 Å². The van der Waals surface area contributed by atoms with Gasteiger partial charge in [-0.3, -0.25) is 10.1 Å². The first kappa shape index (κ1) is 14.9. The highest BCUT2D eigenvalue weighted by Crippen LogP contribution is 2.35. The number of hydrogen-bond donors (Lipinski definition) is 0. The van der Waals surface area contributed by atoms with E-state index in [0.29, 0.717) is 10.2 Å². The highest BCUT2D eigenvalue weighted by molar-refractivity contribution is 9.10. The van der Waals surface area contributed by atoms with E-state index in [4.69, 9.17) is 4.74 Å². The number of nitrogens with zero attached hydrogens (tertiary/aromatic N) is 1. The number of aryl methyl sites for hydroxylation is 2. The molecule has 0 bridgehead atoms. The zero-order valence-corrected chi connectivity index (χ0v) is 13.8. The second-order valence-corrected chi connectivity index (χ2v) is 5.98. The summed E-state index contributed by atoms with van der Waals surface area (Å²) in [6.07, 6.45) is 0. The third-order valence-electron chi connectivity index (χ3n) is 2.82. The number of benzene rings is 2. The van der Waals surface area contributed by atoms with Gasteiger partial charge in [-0.25, -0.2) is 0 Å². The molecule has 0 aliphatic rings. The van der Waals surface area contributed by atoms with Crippen molar-refractivity contribution in [2.75, 3.05) is 0 Å². The van der Waals surface area contributed by atoms with E-state index < -0.39 is 4.92 Å². The van der Waals surface area contributed by atoms with Crippen molar-refractivity contribution in [1.82, 2.24) is 0 Å². The van der Waals surface area contributed by atoms with E-state index in [1.807, 2.05) is 26.0 Å². The average molecular weight is 354 g/mol. The Morgan fingerprint density at radius 3 is 2.30 bits per heavy atom. The maximum Gasteiger partial charge on any atom is 0.270 e. The molecule has 0 spiro atoms. The van der Waals surface area contributed by atoms with Crippen molar-refractivity contribution in [1.29, 1.82) is 0 Å². The summed E-state index contributed by atoms with van der Waals surface area (Å²) >= 11 is 3.30. The molecule has 0 aliphatic heterocycles. The Morgan fingerprint density at radius 2 is 1.80 bits per heavy atom. The van der Waals surface area contributed by atoms with E-state index in [2.05, 4.69) is 25.2 Å². The molecular weight excluding hydrogens is 341 g/mol. The van der Waals surface area contributed by atoms with Crippen LogP contribution in [-0.2, 0) is 0 Å². The van der Waals surface area contributed by atoms with E-state index in [-0.39, 0.29) is 5.69 Å². The number of ether oxygens (including phenoxy) is 1. The van der Waals surface area contributed by atoms with Crippen molar-refractivity contribution >= 4 is 36.2 Å². The number of non-ortho nitro benzene ring substituents is 1. The lowest BCUT2D eigenvalue weighted by molar-refractivity contribution is -0.384. The van der Waals surface area contributed by atoms with Gasteiger partial charge in [0.25, 0.3) is 5.69 Å². The average Bonchev–Trinajstić information content (AvgIpc) is 2.34. The van der Waals surface area contributed by atoms with Gasteiger partial charge in [-0.15, -0.1) is 9.24 Å². The van der Waals surface area contributed by atoms with Crippen LogP contribution in [0.25, 0.3) is 0 Å². The highest BCUT2D eigenvalue weighted by atomic mass is 79.9. The molecule has 0 N–H and O–H groups in total. The Bertz CT molecular complexity index is 665. The van der Waals surface area contributed by atoms with Crippen LogP contribution in [0.4, 0.5) is 5.69 Å². The molecule has 0 saturated heterocycles. The summed E-state index contributed by atoms with van der Waals surface area (Å²) in [6.45, 7) is 3.93. The van der Waals surface area contributed by atoms with Gasteiger partial charge in [0.2, 0.25) is 0 Å². The van der Waals surface area contributed by atoms with Crippen LogP contribution in [0.3, 0.4) is 0 Å². The minimum Gasteiger partial charge on any atom is -0.456 e. The Kier molecular flexibility index (Phi) is 4.41. The molecule has 0 saturated carbocycles. The molecule has 4 nitrogen and oxygen atoms in total. The minimum absolute atomic E-state index is 0.0259. The van der Waals surface area contributed by atoms with Crippen LogP contribution in [0.2, 0.25) is 0 Å². The second kappa shape index (κ2) is 5.90. The van der Waals surface area contributed by atoms with Gasteiger partial charge in [0.15, 0.2) is 0 Å². The first-order chi connectivity index (χ1) is 9.38. The Labute approximate surface area is 127 Å². The van der Waals surface area contributed by atoms with Crippen LogP contribution in [0, 0.1) is 24.0 Å². The van der Waals surface area contributed by atoms with E-state index in [9.17, 15) is 10.1 Å². The Balaban J connectivity index is 2.38.